The molecule has 0 aliphatic carbocycles. The molecule has 32 heavy (non-hydrogen) atoms. The molecule has 1 atom stereocenters. The summed E-state index contributed by atoms with van der Waals surface area (Å²) in [7, 11) is 0. The van der Waals surface area contributed by atoms with Gasteiger partial charge in [-0.15, -0.1) is 0 Å². The van der Waals surface area contributed by atoms with Crippen molar-refractivity contribution >= 4 is 23.8 Å². The van der Waals surface area contributed by atoms with Gasteiger partial charge in [-0.2, -0.15) is 0 Å². The Morgan fingerprint density at radius 3 is 2.22 bits per heavy atom. The zero-order valence-corrected chi connectivity index (χ0v) is 18.5. The number of rotatable bonds is 8. The molecule has 1 aliphatic rings. The van der Waals surface area contributed by atoms with Gasteiger partial charge < -0.3 is 14.2 Å². The largest absolute Gasteiger partial charge is 0.461 e. The van der Waals surface area contributed by atoms with Gasteiger partial charge in [-0.3, -0.25) is 9.59 Å². The first-order valence-electron chi connectivity index (χ1n) is 10.5. The second kappa shape index (κ2) is 9.77. The molecule has 0 aromatic heterocycles. The Kier molecular flexibility index (Phi) is 7.08. The molecule has 0 spiro atoms. The van der Waals surface area contributed by atoms with Gasteiger partial charge in [-0.05, 0) is 44.9 Å². The lowest BCUT2D eigenvalue weighted by atomic mass is 9.90. The van der Waals surface area contributed by atoms with Crippen LogP contribution in [0.3, 0.4) is 0 Å². The number of carbonyl (C=O) groups excluding carboxylic acids is 3. The SMILES string of the molecule is CC(C)(C)OC(=O)CC[C@]1(CC(=O)OCc2ccccc2)N=C(c2ccccc2)OC1=O. The Morgan fingerprint density at radius 2 is 1.59 bits per heavy atom. The molecule has 0 fully saturated rings. The lowest BCUT2D eigenvalue weighted by molar-refractivity contribution is -0.157. The van der Waals surface area contributed by atoms with Crippen molar-refractivity contribution < 1.29 is 28.6 Å². The zero-order valence-electron chi connectivity index (χ0n) is 18.5. The van der Waals surface area contributed by atoms with Crippen molar-refractivity contribution in [2.75, 3.05) is 0 Å². The summed E-state index contributed by atoms with van der Waals surface area (Å²) in [4.78, 5) is 42.3. The Bertz CT molecular complexity index is 994. The Balaban J connectivity index is 1.77. The highest BCUT2D eigenvalue weighted by atomic mass is 16.6. The molecule has 0 saturated carbocycles. The van der Waals surface area contributed by atoms with E-state index in [0.717, 1.165) is 5.56 Å². The second-order valence-electron chi connectivity index (χ2n) is 8.61. The first-order chi connectivity index (χ1) is 15.2. The number of hydrogen-bond donors (Lipinski definition) is 0. The van der Waals surface area contributed by atoms with Crippen molar-refractivity contribution in [1.29, 1.82) is 0 Å². The van der Waals surface area contributed by atoms with Crippen LogP contribution in [0, 0.1) is 0 Å². The van der Waals surface area contributed by atoms with E-state index in [9.17, 15) is 14.4 Å². The molecule has 2 aromatic rings. The summed E-state index contributed by atoms with van der Waals surface area (Å²) in [6.07, 6.45) is -0.459. The maximum atomic E-state index is 12.9. The molecule has 3 rings (SSSR count). The molecular formula is C25H27NO6. The summed E-state index contributed by atoms with van der Waals surface area (Å²) in [5.74, 6) is -1.65. The van der Waals surface area contributed by atoms with Gasteiger partial charge in [0.2, 0.25) is 5.90 Å². The van der Waals surface area contributed by atoms with E-state index >= 15 is 0 Å². The average Bonchev–Trinajstić information content (AvgIpc) is 3.07. The molecular weight excluding hydrogens is 410 g/mol. The molecule has 0 saturated heterocycles. The van der Waals surface area contributed by atoms with Gasteiger partial charge in [0.15, 0.2) is 5.54 Å². The maximum absolute atomic E-state index is 12.9. The topological polar surface area (TPSA) is 91.3 Å². The van der Waals surface area contributed by atoms with Crippen LogP contribution in [0.25, 0.3) is 0 Å². The lowest BCUT2D eigenvalue weighted by Gasteiger charge is -2.23. The number of nitrogens with zero attached hydrogens (tertiary/aromatic N) is 1. The van der Waals surface area contributed by atoms with E-state index in [2.05, 4.69) is 4.99 Å². The monoisotopic (exact) mass is 437 g/mol. The molecule has 0 bridgehead atoms. The number of benzene rings is 2. The standard InChI is InChI=1S/C25H27NO6/c1-24(2,3)32-20(27)14-15-25(16-21(28)30-17-18-10-6-4-7-11-18)23(29)31-22(26-25)19-12-8-5-9-13-19/h4-13H,14-17H2,1-3H3/t25-/m1/s1. The predicted octanol–water partition coefficient (Wildman–Crippen LogP) is 3.98. The summed E-state index contributed by atoms with van der Waals surface area (Å²) < 4.78 is 16.1. The number of esters is 3. The van der Waals surface area contributed by atoms with E-state index in [-0.39, 0.29) is 31.8 Å². The quantitative estimate of drug-likeness (QED) is 0.458. The summed E-state index contributed by atoms with van der Waals surface area (Å²) in [6.45, 7) is 5.36. The normalized spacial score (nSPS) is 18.0. The fourth-order valence-corrected chi connectivity index (χ4v) is 3.24. The van der Waals surface area contributed by atoms with Crippen LogP contribution >= 0.6 is 0 Å². The number of carbonyl (C=O) groups is 3. The highest BCUT2D eigenvalue weighted by Gasteiger charge is 2.48. The van der Waals surface area contributed by atoms with E-state index in [4.69, 9.17) is 14.2 Å². The van der Waals surface area contributed by atoms with Crippen LogP contribution in [0.1, 0.15) is 51.2 Å². The Labute approximate surface area is 187 Å². The number of cyclic esters (lactones) is 1. The fraction of sp³-hybridized carbons (Fsp3) is 0.360. The van der Waals surface area contributed by atoms with Crippen LogP contribution in [0.15, 0.2) is 65.7 Å². The van der Waals surface area contributed by atoms with Crippen LogP contribution < -0.4 is 0 Å². The lowest BCUT2D eigenvalue weighted by Crippen LogP contribution is -2.38. The minimum Gasteiger partial charge on any atom is -0.461 e. The highest BCUT2D eigenvalue weighted by molar-refractivity contribution is 6.09. The summed E-state index contributed by atoms with van der Waals surface area (Å²) in [6, 6.07) is 18.1. The van der Waals surface area contributed by atoms with E-state index < -0.39 is 29.0 Å². The van der Waals surface area contributed by atoms with Crippen molar-refractivity contribution in [2.45, 2.75) is 57.8 Å². The predicted molar refractivity (Wildman–Crippen MR) is 118 cm³/mol. The van der Waals surface area contributed by atoms with Gasteiger partial charge in [-0.25, -0.2) is 9.79 Å². The molecule has 0 unspecified atom stereocenters. The van der Waals surface area contributed by atoms with E-state index in [1.165, 1.54) is 0 Å². The molecule has 7 heteroatoms. The van der Waals surface area contributed by atoms with Crippen LogP contribution in [-0.4, -0.2) is 34.9 Å². The molecule has 2 aromatic carbocycles. The van der Waals surface area contributed by atoms with Crippen molar-refractivity contribution in [2.24, 2.45) is 4.99 Å². The third-order valence-electron chi connectivity index (χ3n) is 4.75. The van der Waals surface area contributed by atoms with Crippen molar-refractivity contribution in [3.63, 3.8) is 0 Å². The number of ether oxygens (including phenoxy) is 3. The van der Waals surface area contributed by atoms with Gasteiger partial charge in [0.1, 0.15) is 12.2 Å². The smallest absolute Gasteiger partial charge is 0.341 e. The summed E-state index contributed by atoms with van der Waals surface area (Å²) in [5.41, 5.74) is -0.771. The number of aliphatic imine (C=N–C) groups is 1. The third-order valence-corrected chi connectivity index (χ3v) is 4.75. The molecule has 0 radical (unpaired) electrons. The molecule has 0 N–H and O–H groups in total. The zero-order chi connectivity index (χ0) is 23.2. The van der Waals surface area contributed by atoms with Crippen molar-refractivity contribution in [3.8, 4) is 0 Å². The second-order valence-corrected chi connectivity index (χ2v) is 8.61. The third kappa shape index (κ3) is 6.26. The Hall–Kier alpha value is -3.48. The van der Waals surface area contributed by atoms with Gasteiger partial charge in [0.25, 0.3) is 0 Å². The molecule has 1 aliphatic heterocycles. The highest BCUT2D eigenvalue weighted by Crippen LogP contribution is 2.32. The Morgan fingerprint density at radius 1 is 0.969 bits per heavy atom. The van der Waals surface area contributed by atoms with Crippen LogP contribution in [0.2, 0.25) is 0 Å². The van der Waals surface area contributed by atoms with Crippen molar-refractivity contribution in [3.05, 3.63) is 71.8 Å². The van der Waals surface area contributed by atoms with Gasteiger partial charge in [0.05, 0.1) is 6.42 Å². The maximum Gasteiger partial charge on any atom is 0.341 e. The van der Waals surface area contributed by atoms with Gasteiger partial charge >= 0.3 is 17.9 Å². The van der Waals surface area contributed by atoms with E-state index in [0.29, 0.717) is 5.56 Å². The summed E-state index contributed by atoms with van der Waals surface area (Å²) >= 11 is 0. The van der Waals surface area contributed by atoms with Crippen LogP contribution in [0.5, 0.6) is 0 Å². The van der Waals surface area contributed by atoms with Crippen LogP contribution in [-0.2, 0) is 35.2 Å². The van der Waals surface area contributed by atoms with E-state index in [1.54, 1.807) is 45.0 Å². The summed E-state index contributed by atoms with van der Waals surface area (Å²) in [5, 5.41) is 0. The first-order valence-corrected chi connectivity index (χ1v) is 10.5. The minimum atomic E-state index is -1.55. The molecule has 7 nitrogen and oxygen atoms in total. The number of hydrogen-bond acceptors (Lipinski definition) is 7. The average molecular weight is 437 g/mol. The van der Waals surface area contributed by atoms with Crippen LogP contribution in [0.4, 0.5) is 0 Å². The molecule has 168 valence electrons. The van der Waals surface area contributed by atoms with Gasteiger partial charge in [0, 0.05) is 12.0 Å². The minimum absolute atomic E-state index is 0.0302. The van der Waals surface area contributed by atoms with Gasteiger partial charge in [-0.1, -0.05) is 48.5 Å². The molecule has 1 heterocycles. The van der Waals surface area contributed by atoms with Crippen molar-refractivity contribution in [1.82, 2.24) is 0 Å². The van der Waals surface area contributed by atoms with E-state index in [1.807, 2.05) is 36.4 Å². The molecule has 0 amide bonds. The fourth-order valence-electron chi connectivity index (χ4n) is 3.24. The first kappa shape index (κ1) is 23.2.